The maximum Gasteiger partial charge on any atom is 0.347 e. The minimum absolute atomic E-state index is 0.181. The van der Waals surface area contributed by atoms with Crippen LogP contribution in [0.3, 0.4) is 0 Å². The molecule has 1 amide bonds. The van der Waals surface area contributed by atoms with Gasteiger partial charge in [-0.2, -0.15) is 0 Å². The van der Waals surface area contributed by atoms with E-state index in [0.29, 0.717) is 41.0 Å². The third kappa shape index (κ3) is 4.51. The predicted molar refractivity (Wildman–Crippen MR) is 98.5 cm³/mol. The van der Waals surface area contributed by atoms with Crippen molar-refractivity contribution in [1.29, 1.82) is 0 Å². The molecule has 0 aliphatic rings. The fourth-order valence-electron chi connectivity index (χ4n) is 2.33. The van der Waals surface area contributed by atoms with Gasteiger partial charge in [-0.05, 0) is 45.9 Å². The van der Waals surface area contributed by atoms with Crippen molar-refractivity contribution < 1.29 is 24.2 Å². The molecule has 1 unspecified atom stereocenters. The van der Waals surface area contributed by atoms with Crippen molar-refractivity contribution in [3.8, 4) is 11.5 Å². The Morgan fingerprint density at radius 2 is 1.88 bits per heavy atom. The minimum Gasteiger partial charge on any atom is -0.490 e. The molecule has 0 aliphatic heterocycles. The number of hydrogen-bond acceptors (Lipinski definition) is 6. The number of nitrogens with zero attached hydrogens (tertiary/aromatic N) is 1. The van der Waals surface area contributed by atoms with Crippen molar-refractivity contribution in [3.05, 3.63) is 39.3 Å². The van der Waals surface area contributed by atoms with Gasteiger partial charge in [0.1, 0.15) is 9.88 Å². The summed E-state index contributed by atoms with van der Waals surface area (Å²) in [6.45, 7) is 8.09. The number of rotatable bonds is 8. The van der Waals surface area contributed by atoms with E-state index in [2.05, 4.69) is 10.3 Å². The van der Waals surface area contributed by atoms with Gasteiger partial charge in [0.25, 0.3) is 5.91 Å². The van der Waals surface area contributed by atoms with Crippen molar-refractivity contribution in [1.82, 2.24) is 10.3 Å². The molecular weight excluding hydrogens is 356 g/mol. The summed E-state index contributed by atoms with van der Waals surface area (Å²) >= 11 is 1.06. The molecule has 0 saturated heterocycles. The number of ether oxygens (including phenoxy) is 2. The quantitative estimate of drug-likeness (QED) is 0.730. The van der Waals surface area contributed by atoms with Gasteiger partial charge in [0.15, 0.2) is 11.5 Å². The summed E-state index contributed by atoms with van der Waals surface area (Å²) < 4.78 is 11.0. The highest BCUT2D eigenvalue weighted by Gasteiger charge is 2.20. The topological polar surface area (TPSA) is 97.8 Å². The summed E-state index contributed by atoms with van der Waals surface area (Å²) in [7, 11) is 0. The van der Waals surface area contributed by atoms with E-state index in [-0.39, 0.29) is 10.8 Å². The number of carboxylic acids is 1. The van der Waals surface area contributed by atoms with Gasteiger partial charge in [-0.3, -0.25) is 4.79 Å². The van der Waals surface area contributed by atoms with Gasteiger partial charge < -0.3 is 19.9 Å². The second-order valence-electron chi connectivity index (χ2n) is 5.49. The Hall–Kier alpha value is -2.61. The van der Waals surface area contributed by atoms with E-state index in [0.717, 1.165) is 11.3 Å². The fourth-order valence-corrected chi connectivity index (χ4v) is 3.24. The number of amides is 1. The normalized spacial score (nSPS) is 11.7. The number of benzene rings is 1. The third-order valence-corrected chi connectivity index (χ3v) is 4.86. The van der Waals surface area contributed by atoms with Crippen LogP contribution in [0.25, 0.3) is 0 Å². The summed E-state index contributed by atoms with van der Waals surface area (Å²) in [6, 6.07) is 4.57. The fraction of sp³-hybridized carbons (Fsp3) is 0.389. The van der Waals surface area contributed by atoms with Crippen LogP contribution >= 0.6 is 11.3 Å². The number of carbonyl (C=O) groups is 2. The van der Waals surface area contributed by atoms with Crippen molar-refractivity contribution in [2.75, 3.05) is 13.2 Å². The second kappa shape index (κ2) is 8.66. The van der Waals surface area contributed by atoms with E-state index in [9.17, 15) is 9.59 Å². The third-order valence-electron chi connectivity index (χ3n) is 3.53. The zero-order valence-electron chi connectivity index (χ0n) is 15.2. The highest BCUT2D eigenvalue weighted by atomic mass is 32.1. The van der Waals surface area contributed by atoms with Gasteiger partial charge in [-0.15, -0.1) is 11.3 Å². The van der Waals surface area contributed by atoms with Crippen LogP contribution in [-0.2, 0) is 0 Å². The number of carbonyl (C=O) groups excluding carboxylic acids is 1. The first kappa shape index (κ1) is 19.7. The average molecular weight is 378 g/mol. The molecule has 0 saturated carbocycles. The van der Waals surface area contributed by atoms with Gasteiger partial charge in [0.2, 0.25) is 0 Å². The summed E-state index contributed by atoms with van der Waals surface area (Å²) in [5.74, 6) is -0.225. The molecule has 2 rings (SSSR count). The van der Waals surface area contributed by atoms with Gasteiger partial charge in [-0.25, -0.2) is 9.78 Å². The second-order valence-corrected chi connectivity index (χ2v) is 6.53. The molecule has 8 heteroatoms. The SMILES string of the molecule is CCOc1ccc(C(=O)NC(C)c2nc(C)c(C(=O)O)s2)cc1OCC. The van der Waals surface area contributed by atoms with E-state index >= 15 is 0 Å². The Labute approximate surface area is 156 Å². The Bertz CT molecular complexity index is 803. The van der Waals surface area contributed by atoms with Crippen molar-refractivity contribution >= 4 is 23.2 Å². The van der Waals surface area contributed by atoms with Crippen LogP contribution < -0.4 is 14.8 Å². The first-order valence-electron chi connectivity index (χ1n) is 8.28. The number of nitrogens with one attached hydrogen (secondary N) is 1. The molecule has 7 nitrogen and oxygen atoms in total. The van der Waals surface area contributed by atoms with E-state index in [4.69, 9.17) is 14.6 Å². The van der Waals surface area contributed by atoms with E-state index in [1.54, 1.807) is 32.0 Å². The molecule has 2 aromatic rings. The largest absolute Gasteiger partial charge is 0.490 e. The van der Waals surface area contributed by atoms with Crippen LogP contribution in [-0.4, -0.2) is 35.2 Å². The number of aromatic carboxylic acids is 1. The molecule has 1 aromatic heterocycles. The maximum absolute atomic E-state index is 12.5. The molecular formula is C18H22N2O5S. The number of aromatic nitrogens is 1. The zero-order chi connectivity index (χ0) is 19.3. The maximum atomic E-state index is 12.5. The lowest BCUT2D eigenvalue weighted by Gasteiger charge is -2.14. The molecule has 0 radical (unpaired) electrons. The smallest absolute Gasteiger partial charge is 0.347 e. The van der Waals surface area contributed by atoms with Crippen LogP contribution in [0.15, 0.2) is 18.2 Å². The van der Waals surface area contributed by atoms with Gasteiger partial charge in [0.05, 0.1) is 24.9 Å². The molecule has 0 fully saturated rings. The van der Waals surface area contributed by atoms with Crippen LogP contribution in [0, 0.1) is 6.92 Å². The zero-order valence-corrected chi connectivity index (χ0v) is 16.0. The minimum atomic E-state index is -1.02. The number of carboxylic acid groups (broad SMARTS) is 1. The summed E-state index contributed by atoms with van der Waals surface area (Å²) in [6.07, 6.45) is 0. The summed E-state index contributed by atoms with van der Waals surface area (Å²) in [4.78, 5) is 28.1. The summed E-state index contributed by atoms with van der Waals surface area (Å²) in [5, 5.41) is 12.5. The van der Waals surface area contributed by atoms with Crippen LogP contribution in [0.2, 0.25) is 0 Å². The van der Waals surface area contributed by atoms with Gasteiger partial charge in [0, 0.05) is 5.56 Å². The predicted octanol–water partition coefficient (Wildman–Crippen LogP) is 3.44. The van der Waals surface area contributed by atoms with Crippen molar-refractivity contribution in [2.45, 2.75) is 33.7 Å². The van der Waals surface area contributed by atoms with E-state index in [1.165, 1.54) is 0 Å². The Kier molecular flexibility index (Phi) is 6.57. The van der Waals surface area contributed by atoms with E-state index in [1.807, 2.05) is 13.8 Å². The molecule has 1 atom stereocenters. The lowest BCUT2D eigenvalue weighted by Crippen LogP contribution is -2.26. The number of hydrogen-bond donors (Lipinski definition) is 2. The standard InChI is InChI=1S/C18H22N2O5S/c1-5-24-13-8-7-12(9-14(13)25-6-2)16(21)19-11(4)17-20-10(3)15(26-17)18(22)23/h7-9,11H,5-6H2,1-4H3,(H,19,21)(H,22,23). The van der Waals surface area contributed by atoms with E-state index < -0.39 is 12.0 Å². The highest BCUT2D eigenvalue weighted by molar-refractivity contribution is 7.13. The molecule has 2 N–H and O–H groups in total. The van der Waals surface area contributed by atoms with Crippen LogP contribution in [0.5, 0.6) is 11.5 Å². The highest BCUT2D eigenvalue weighted by Crippen LogP contribution is 2.29. The van der Waals surface area contributed by atoms with Crippen molar-refractivity contribution in [3.63, 3.8) is 0 Å². The molecule has 1 aromatic carbocycles. The first-order valence-corrected chi connectivity index (χ1v) is 9.10. The van der Waals surface area contributed by atoms with Gasteiger partial charge in [-0.1, -0.05) is 0 Å². The molecule has 0 bridgehead atoms. The monoisotopic (exact) mass is 378 g/mol. The first-order chi connectivity index (χ1) is 12.4. The molecule has 1 heterocycles. The van der Waals surface area contributed by atoms with Crippen LogP contribution in [0.4, 0.5) is 0 Å². The Morgan fingerprint density at radius 3 is 2.46 bits per heavy atom. The number of thiazole rings is 1. The molecule has 0 spiro atoms. The lowest BCUT2D eigenvalue weighted by atomic mass is 10.1. The molecule has 0 aliphatic carbocycles. The summed E-state index contributed by atoms with van der Waals surface area (Å²) in [5.41, 5.74) is 0.869. The number of aryl methyl sites for hydroxylation is 1. The molecule has 26 heavy (non-hydrogen) atoms. The van der Waals surface area contributed by atoms with Gasteiger partial charge >= 0.3 is 5.97 Å². The molecule has 140 valence electrons. The van der Waals surface area contributed by atoms with Crippen molar-refractivity contribution in [2.24, 2.45) is 0 Å². The van der Waals surface area contributed by atoms with Crippen LogP contribution in [0.1, 0.15) is 57.5 Å². The Morgan fingerprint density at radius 1 is 1.23 bits per heavy atom. The average Bonchev–Trinajstić information content (AvgIpc) is 2.99. The lowest BCUT2D eigenvalue weighted by molar-refractivity contribution is 0.0701. The Balaban J connectivity index is 2.17.